The Hall–Kier alpha value is -2.19. The smallest absolute Gasteiger partial charge is 0.191 e. The van der Waals surface area contributed by atoms with Crippen LogP contribution in [0.5, 0.6) is 0 Å². The van der Waals surface area contributed by atoms with Crippen molar-refractivity contribution in [3.8, 4) is 0 Å². The quantitative estimate of drug-likeness (QED) is 0.555. The van der Waals surface area contributed by atoms with Gasteiger partial charge in [0.2, 0.25) is 0 Å². The molecule has 2 aromatic heterocycles. The molecule has 27 heavy (non-hydrogen) atoms. The van der Waals surface area contributed by atoms with Gasteiger partial charge in [-0.3, -0.25) is 14.3 Å². The van der Waals surface area contributed by atoms with Gasteiger partial charge >= 0.3 is 0 Å². The highest BCUT2D eigenvalue weighted by Crippen LogP contribution is 2.16. The van der Waals surface area contributed by atoms with E-state index in [2.05, 4.69) is 46.5 Å². The van der Waals surface area contributed by atoms with Crippen LogP contribution in [0.15, 0.2) is 29.4 Å². The zero-order chi connectivity index (χ0) is 19.1. The second-order valence-corrected chi connectivity index (χ2v) is 7.33. The Morgan fingerprint density at radius 3 is 2.81 bits per heavy atom. The highest BCUT2D eigenvalue weighted by molar-refractivity contribution is 5.79. The Balaban J connectivity index is 1.55. The van der Waals surface area contributed by atoms with Crippen molar-refractivity contribution in [1.82, 2.24) is 30.1 Å². The van der Waals surface area contributed by atoms with E-state index in [1.807, 2.05) is 28.8 Å². The number of fused-ring (bicyclic) bond motifs is 1. The van der Waals surface area contributed by atoms with E-state index in [0.29, 0.717) is 0 Å². The topological polar surface area (TPSA) is 79.1 Å². The molecule has 3 rings (SSSR count). The van der Waals surface area contributed by atoms with Crippen molar-refractivity contribution in [2.75, 3.05) is 45.9 Å². The fourth-order valence-electron chi connectivity index (χ4n) is 3.24. The van der Waals surface area contributed by atoms with E-state index in [-0.39, 0.29) is 5.54 Å². The number of hydrogen-bond donors (Lipinski definition) is 2. The van der Waals surface area contributed by atoms with Gasteiger partial charge in [-0.25, -0.2) is 0 Å². The number of rotatable bonds is 7. The van der Waals surface area contributed by atoms with Crippen LogP contribution in [0.1, 0.15) is 26.6 Å². The summed E-state index contributed by atoms with van der Waals surface area (Å²) in [5.41, 5.74) is 0.885. The molecule has 0 spiro atoms. The maximum atomic E-state index is 5.46. The van der Waals surface area contributed by atoms with Gasteiger partial charge in [0, 0.05) is 44.3 Å². The van der Waals surface area contributed by atoms with Crippen molar-refractivity contribution in [2.45, 2.75) is 32.7 Å². The number of aromatic nitrogens is 3. The van der Waals surface area contributed by atoms with E-state index in [1.165, 1.54) is 0 Å². The van der Waals surface area contributed by atoms with Gasteiger partial charge in [-0.05, 0) is 32.9 Å². The van der Waals surface area contributed by atoms with Crippen LogP contribution in [-0.2, 0) is 11.2 Å². The zero-order valence-corrected chi connectivity index (χ0v) is 16.6. The molecule has 0 saturated carbocycles. The molecule has 1 fully saturated rings. The molecule has 0 bridgehead atoms. The number of nitrogens with one attached hydrogen (secondary N) is 2. The van der Waals surface area contributed by atoms with Crippen LogP contribution in [0, 0.1) is 0 Å². The SMILES string of the molecule is CCNC(=NCC(C)(C)N1CCOCC1)NCCc1nnc2ccccn12. The first-order valence-corrected chi connectivity index (χ1v) is 9.74. The monoisotopic (exact) mass is 373 g/mol. The standard InChI is InChI=1S/C19H31N7O/c1-4-20-18(22-15-19(2,3)25-11-13-27-14-12-25)21-9-8-17-24-23-16-7-5-6-10-26(16)17/h5-7,10H,4,8-9,11-15H2,1-3H3,(H2,20,21,22). The van der Waals surface area contributed by atoms with Gasteiger partial charge < -0.3 is 15.4 Å². The highest BCUT2D eigenvalue weighted by atomic mass is 16.5. The Bertz CT molecular complexity index is 749. The third-order valence-corrected chi connectivity index (χ3v) is 4.86. The molecule has 8 heteroatoms. The molecular weight excluding hydrogens is 342 g/mol. The van der Waals surface area contributed by atoms with Crippen LogP contribution in [0.4, 0.5) is 0 Å². The van der Waals surface area contributed by atoms with E-state index in [1.54, 1.807) is 0 Å². The Morgan fingerprint density at radius 1 is 1.22 bits per heavy atom. The molecule has 1 saturated heterocycles. The van der Waals surface area contributed by atoms with Gasteiger partial charge in [-0.1, -0.05) is 6.07 Å². The summed E-state index contributed by atoms with van der Waals surface area (Å²) >= 11 is 0. The summed E-state index contributed by atoms with van der Waals surface area (Å²) in [5.74, 6) is 1.79. The number of aliphatic imine (C=N–C) groups is 1. The lowest BCUT2D eigenvalue weighted by atomic mass is 10.0. The minimum atomic E-state index is 0.00926. The van der Waals surface area contributed by atoms with Crippen molar-refractivity contribution in [2.24, 2.45) is 4.99 Å². The summed E-state index contributed by atoms with van der Waals surface area (Å²) in [4.78, 5) is 7.26. The van der Waals surface area contributed by atoms with E-state index in [9.17, 15) is 0 Å². The molecule has 3 heterocycles. The van der Waals surface area contributed by atoms with Crippen molar-refractivity contribution in [3.63, 3.8) is 0 Å². The molecule has 0 radical (unpaired) electrons. The first kappa shape index (κ1) is 19.6. The minimum Gasteiger partial charge on any atom is -0.379 e. The molecule has 2 N–H and O–H groups in total. The number of morpholine rings is 1. The van der Waals surface area contributed by atoms with Crippen LogP contribution in [-0.4, -0.2) is 76.9 Å². The van der Waals surface area contributed by atoms with Crippen molar-refractivity contribution >= 4 is 11.6 Å². The Labute approximate surface area is 161 Å². The molecule has 148 valence electrons. The lowest BCUT2D eigenvalue weighted by Gasteiger charge is -2.39. The maximum absolute atomic E-state index is 5.46. The molecule has 0 aliphatic carbocycles. The second kappa shape index (κ2) is 9.14. The fourth-order valence-corrected chi connectivity index (χ4v) is 3.24. The first-order valence-electron chi connectivity index (χ1n) is 9.74. The van der Waals surface area contributed by atoms with Gasteiger partial charge in [-0.2, -0.15) is 0 Å². The summed E-state index contributed by atoms with van der Waals surface area (Å²) in [6.45, 7) is 12.4. The summed E-state index contributed by atoms with van der Waals surface area (Å²) in [7, 11) is 0. The first-order chi connectivity index (χ1) is 13.1. The second-order valence-electron chi connectivity index (χ2n) is 7.33. The number of ether oxygens (including phenoxy) is 1. The Kier molecular flexibility index (Phi) is 6.63. The number of hydrogen-bond acceptors (Lipinski definition) is 5. The lowest BCUT2D eigenvalue weighted by molar-refractivity contribution is -0.00683. The molecule has 0 unspecified atom stereocenters. The van der Waals surface area contributed by atoms with E-state index in [4.69, 9.17) is 9.73 Å². The van der Waals surface area contributed by atoms with E-state index >= 15 is 0 Å². The van der Waals surface area contributed by atoms with E-state index < -0.39 is 0 Å². The minimum absolute atomic E-state index is 0.00926. The number of nitrogens with zero attached hydrogens (tertiary/aromatic N) is 5. The normalized spacial score (nSPS) is 16.6. The average molecular weight is 374 g/mol. The molecule has 1 aliphatic heterocycles. The van der Waals surface area contributed by atoms with Crippen LogP contribution in [0.3, 0.4) is 0 Å². The summed E-state index contributed by atoms with van der Waals surface area (Å²) < 4.78 is 7.48. The third-order valence-electron chi connectivity index (χ3n) is 4.86. The molecule has 8 nitrogen and oxygen atoms in total. The maximum Gasteiger partial charge on any atom is 0.191 e. The van der Waals surface area contributed by atoms with Gasteiger partial charge in [-0.15, -0.1) is 10.2 Å². The summed E-state index contributed by atoms with van der Waals surface area (Å²) in [5, 5.41) is 15.2. The van der Waals surface area contributed by atoms with Gasteiger partial charge in [0.05, 0.1) is 19.8 Å². The van der Waals surface area contributed by atoms with Crippen LogP contribution < -0.4 is 10.6 Å². The van der Waals surface area contributed by atoms with Crippen molar-refractivity contribution < 1.29 is 4.74 Å². The van der Waals surface area contributed by atoms with Crippen molar-refractivity contribution in [1.29, 1.82) is 0 Å². The van der Waals surface area contributed by atoms with Gasteiger partial charge in [0.15, 0.2) is 11.6 Å². The fraction of sp³-hybridized carbons (Fsp3) is 0.632. The van der Waals surface area contributed by atoms with Crippen LogP contribution in [0.25, 0.3) is 5.65 Å². The number of pyridine rings is 1. The van der Waals surface area contributed by atoms with Crippen molar-refractivity contribution in [3.05, 3.63) is 30.2 Å². The summed E-state index contributed by atoms with van der Waals surface area (Å²) in [6, 6.07) is 5.92. The van der Waals surface area contributed by atoms with Gasteiger partial charge in [0.25, 0.3) is 0 Å². The largest absolute Gasteiger partial charge is 0.379 e. The molecule has 0 atom stereocenters. The molecular formula is C19H31N7O. The molecule has 0 aromatic carbocycles. The third kappa shape index (κ3) is 5.17. The predicted molar refractivity (Wildman–Crippen MR) is 107 cm³/mol. The van der Waals surface area contributed by atoms with Crippen LogP contribution >= 0.6 is 0 Å². The predicted octanol–water partition coefficient (Wildman–Crippen LogP) is 0.938. The summed E-state index contributed by atoms with van der Waals surface area (Å²) in [6.07, 6.45) is 2.78. The Morgan fingerprint density at radius 2 is 2.04 bits per heavy atom. The zero-order valence-electron chi connectivity index (χ0n) is 16.6. The highest BCUT2D eigenvalue weighted by Gasteiger charge is 2.28. The molecule has 2 aromatic rings. The average Bonchev–Trinajstić information content (AvgIpc) is 3.10. The molecule has 0 amide bonds. The lowest BCUT2D eigenvalue weighted by Crippen LogP contribution is -2.52. The number of guanidine groups is 1. The molecule has 1 aliphatic rings. The van der Waals surface area contributed by atoms with E-state index in [0.717, 1.165) is 69.8 Å². The van der Waals surface area contributed by atoms with Crippen LogP contribution in [0.2, 0.25) is 0 Å². The van der Waals surface area contributed by atoms with Gasteiger partial charge in [0.1, 0.15) is 5.82 Å².